The highest BCUT2D eigenvalue weighted by molar-refractivity contribution is 5.20. The summed E-state index contributed by atoms with van der Waals surface area (Å²) in [5.74, 6) is -2.77. The van der Waals surface area contributed by atoms with Gasteiger partial charge in [0, 0.05) is 11.6 Å². The SMILES string of the molecule is FC(F)(CNC1CCCCCCC1)c1ccccc1. The zero-order valence-corrected chi connectivity index (χ0v) is 11.4. The smallest absolute Gasteiger partial charge is 0.285 e. The number of hydrogen-bond donors (Lipinski definition) is 1. The van der Waals surface area contributed by atoms with Gasteiger partial charge in [-0.15, -0.1) is 0 Å². The highest BCUT2D eigenvalue weighted by atomic mass is 19.3. The molecule has 1 aliphatic carbocycles. The van der Waals surface area contributed by atoms with Crippen molar-refractivity contribution in [1.82, 2.24) is 5.32 Å². The van der Waals surface area contributed by atoms with Crippen LogP contribution in [-0.4, -0.2) is 12.6 Å². The van der Waals surface area contributed by atoms with Gasteiger partial charge in [-0.3, -0.25) is 0 Å². The van der Waals surface area contributed by atoms with E-state index in [-0.39, 0.29) is 18.2 Å². The third-order valence-electron chi connectivity index (χ3n) is 3.91. The van der Waals surface area contributed by atoms with Crippen molar-refractivity contribution < 1.29 is 8.78 Å². The van der Waals surface area contributed by atoms with Gasteiger partial charge in [0.2, 0.25) is 0 Å². The van der Waals surface area contributed by atoms with E-state index in [2.05, 4.69) is 5.32 Å². The second kappa shape index (κ2) is 6.99. The molecular weight excluding hydrogens is 244 g/mol. The molecule has 3 heteroatoms. The summed E-state index contributed by atoms with van der Waals surface area (Å²) in [7, 11) is 0. The van der Waals surface area contributed by atoms with Gasteiger partial charge in [0.05, 0.1) is 6.54 Å². The highest BCUT2D eigenvalue weighted by Gasteiger charge is 2.31. The fourth-order valence-corrected chi connectivity index (χ4v) is 2.72. The van der Waals surface area contributed by atoms with Crippen molar-refractivity contribution in [2.45, 2.75) is 56.9 Å². The van der Waals surface area contributed by atoms with E-state index in [0.29, 0.717) is 0 Å². The van der Waals surface area contributed by atoms with Gasteiger partial charge in [0.1, 0.15) is 0 Å². The zero-order chi connectivity index (χ0) is 13.6. The minimum Gasteiger partial charge on any atom is -0.308 e. The second-order valence-corrected chi connectivity index (χ2v) is 5.49. The number of nitrogens with one attached hydrogen (secondary N) is 1. The van der Waals surface area contributed by atoms with Crippen molar-refractivity contribution in [3.63, 3.8) is 0 Å². The molecule has 1 aromatic rings. The van der Waals surface area contributed by atoms with Gasteiger partial charge < -0.3 is 5.32 Å². The molecule has 0 radical (unpaired) electrons. The Morgan fingerprint density at radius 2 is 1.53 bits per heavy atom. The first-order chi connectivity index (χ1) is 9.18. The molecule has 0 aromatic heterocycles. The Hall–Kier alpha value is -0.960. The second-order valence-electron chi connectivity index (χ2n) is 5.49. The lowest BCUT2D eigenvalue weighted by Crippen LogP contribution is -2.38. The molecule has 106 valence electrons. The Morgan fingerprint density at radius 3 is 2.16 bits per heavy atom. The van der Waals surface area contributed by atoms with E-state index >= 15 is 0 Å². The van der Waals surface area contributed by atoms with Crippen molar-refractivity contribution >= 4 is 0 Å². The van der Waals surface area contributed by atoms with Gasteiger partial charge in [-0.25, -0.2) is 0 Å². The molecule has 0 unspecified atom stereocenters. The van der Waals surface area contributed by atoms with Crippen LogP contribution in [0, 0.1) is 0 Å². The summed E-state index contributed by atoms with van der Waals surface area (Å²) in [5, 5.41) is 3.08. The number of alkyl halides is 2. The summed E-state index contributed by atoms with van der Waals surface area (Å²) < 4.78 is 28.1. The van der Waals surface area contributed by atoms with Crippen molar-refractivity contribution in [1.29, 1.82) is 0 Å². The first-order valence-electron chi connectivity index (χ1n) is 7.35. The Morgan fingerprint density at radius 1 is 0.947 bits per heavy atom. The average molecular weight is 267 g/mol. The van der Waals surface area contributed by atoms with Crippen molar-refractivity contribution in [2.75, 3.05) is 6.54 Å². The summed E-state index contributed by atoms with van der Waals surface area (Å²) in [5.41, 5.74) is 0.105. The van der Waals surface area contributed by atoms with Gasteiger partial charge >= 0.3 is 0 Å². The van der Waals surface area contributed by atoms with Crippen LogP contribution in [0.1, 0.15) is 50.5 Å². The molecule has 0 saturated heterocycles. The molecule has 0 amide bonds. The van der Waals surface area contributed by atoms with Crippen LogP contribution >= 0.6 is 0 Å². The summed E-state index contributed by atoms with van der Waals surface area (Å²) in [4.78, 5) is 0. The van der Waals surface area contributed by atoms with Gasteiger partial charge in [-0.05, 0) is 12.8 Å². The van der Waals surface area contributed by atoms with E-state index in [1.54, 1.807) is 18.2 Å². The van der Waals surface area contributed by atoms with Crippen LogP contribution in [0.15, 0.2) is 30.3 Å². The molecule has 0 bridgehead atoms. The molecule has 1 N–H and O–H groups in total. The lowest BCUT2D eigenvalue weighted by Gasteiger charge is -2.24. The number of rotatable bonds is 4. The molecular formula is C16H23F2N. The fraction of sp³-hybridized carbons (Fsp3) is 0.625. The molecule has 0 spiro atoms. The average Bonchev–Trinajstić information content (AvgIpc) is 2.38. The minimum absolute atomic E-state index is 0.105. The number of halogens is 2. The normalized spacial score (nSPS) is 18.8. The minimum atomic E-state index is -2.77. The predicted molar refractivity (Wildman–Crippen MR) is 74.4 cm³/mol. The predicted octanol–water partition coefficient (Wildman–Crippen LogP) is 4.48. The molecule has 1 fully saturated rings. The maximum Gasteiger partial charge on any atom is 0.285 e. The molecule has 19 heavy (non-hydrogen) atoms. The van der Waals surface area contributed by atoms with Crippen molar-refractivity contribution in [3.8, 4) is 0 Å². The van der Waals surface area contributed by atoms with Crippen LogP contribution < -0.4 is 5.32 Å². The topological polar surface area (TPSA) is 12.0 Å². The molecule has 2 rings (SSSR count). The zero-order valence-electron chi connectivity index (χ0n) is 11.4. The van der Waals surface area contributed by atoms with Gasteiger partial charge in [-0.1, -0.05) is 62.4 Å². The summed E-state index contributed by atoms with van der Waals surface area (Å²) >= 11 is 0. The molecule has 1 nitrogen and oxygen atoms in total. The van der Waals surface area contributed by atoms with E-state index in [1.165, 1.54) is 31.4 Å². The number of hydrogen-bond acceptors (Lipinski definition) is 1. The van der Waals surface area contributed by atoms with E-state index in [0.717, 1.165) is 25.7 Å². The Balaban J connectivity index is 1.86. The maximum absolute atomic E-state index is 14.0. The van der Waals surface area contributed by atoms with E-state index in [1.807, 2.05) is 0 Å². The van der Waals surface area contributed by atoms with Crippen LogP contribution in [-0.2, 0) is 5.92 Å². The largest absolute Gasteiger partial charge is 0.308 e. The van der Waals surface area contributed by atoms with Crippen LogP contribution in [0.3, 0.4) is 0 Å². The lowest BCUT2D eigenvalue weighted by atomic mass is 9.96. The summed E-state index contributed by atoms with van der Waals surface area (Å²) in [6, 6.07) is 8.36. The first-order valence-corrected chi connectivity index (χ1v) is 7.35. The quantitative estimate of drug-likeness (QED) is 0.848. The van der Waals surface area contributed by atoms with Crippen LogP contribution in [0.5, 0.6) is 0 Å². The molecule has 0 aliphatic heterocycles. The highest BCUT2D eigenvalue weighted by Crippen LogP contribution is 2.27. The summed E-state index contributed by atoms with van der Waals surface area (Å²) in [6.45, 7) is -0.248. The monoisotopic (exact) mass is 267 g/mol. The van der Waals surface area contributed by atoms with E-state index in [4.69, 9.17) is 0 Å². The number of benzene rings is 1. The van der Waals surface area contributed by atoms with E-state index in [9.17, 15) is 8.78 Å². The Labute approximate surface area is 114 Å². The van der Waals surface area contributed by atoms with Crippen LogP contribution in [0.2, 0.25) is 0 Å². The fourth-order valence-electron chi connectivity index (χ4n) is 2.72. The third-order valence-corrected chi connectivity index (χ3v) is 3.91. The Kier molecular flexibility index (Phi) is 5.32. The third kappa shape index (κ3) is 4.57. The Bertz CT molecular complexity index is 356. The molecule has 0 atom stereocenters. The molecule has 1 saturated carbocycles. The van der Waals surface area contributed by atoms with Crippen molar-refractivity contribution in [3.05, 3.63) is 35.9 Å². The molecule has 0 heterocycles. The van der Waals surface area contributed by atoms with Gasteiger partial charge in [0.25, 0.3) is 5.92 Å². The standard InChI is InChI=1S/C16H23F2N/c17-16(18,14-9-5-4-6-10-14)13-19-15-11-7-2-1-3-8-12-15/h4-6,9-10,15,19H,1-3,7-8,11-13H2. The first kappa shape index (κ1) is 14.4. The molecule has 1 aromatic carbocycles. The van der Waals surface area contributed by atoms with Crippen LogP contribution in [0.4, 0.5) is 8.78 Å². The van der Waals surface area contributed by atoms with Gasteiger partial charge in [0.15, 0.2) is 0 Å². The van der Waals surface area contributed by atoms with E-state index < -0.39 is 5.92 Å². The maximum atomic E-state index is 14.0. The molecule has 1 aliphatic rings. The van der Waals surface area contributed by atoms with Crippen molar-refractivity contribution in [2.24, 2.45) is 0 Å². The van der Waals surface area contributed by atoms with Gasteiger partial charge in [-0.2, -0.15) is 8.78 Å². The lowest BCUT2D eigenvalue weighted by molar-refractivity contribution is -0.00645. The van der Waals surface area contributed by atoms with Crippen LogP contribution in [0.25, 0.3) is 0 Å². The summed E-state index contributed by atoms with van der Waals surface area (Å²) in [6.07, 6.45) is 8.17.